The molecule has 0 radical (unpaired) electrons. The Bertz CT molecular complexity index is 3360. The SMILES string of the molecule is O=C(NCc1ccc(Cl)cc1)c1cn(-c2ccc(Cl)cc2)c2ccc(CN3CCOCC3)cc2c1=O.O=C(NCc1ccc(Cl)cc1)c1cn(-c2cccc(I)c2)c2ccc(CN3CCOCC3)cc2c1=O. The van der Waals surface area contributed by atoms with E-state index in [-0.39, 0.29) is 28.5 Å². The van der Waals surface area contributed by atoms with Crippen molar-refractivity contribution >= 4 is 91.0 Å². The third-order valence-electron chi connectivity index (χ3n) is 12.6. The summed E-state index contributed by atoms with van der Waals surface area (Å²) in [7, 11) is 0. The summed E-state index contributed by atoms with van der Waals surface area (Å²) in [5, 5.41) is 8.65. The Morgan fingerprint density at radius 1 is 0.500 bits per heavy atom. The van der Waals surface area contributed by atoms with Crippen LogP contribution in [0.1, 0.15) is 43.0 Å². The lowest BCUT2D eigenvalue weighted by Crippen LogP contribution is -2.35. The average molecular weight is 1140 g/mol. The van der Waals surface area contributed by atoms with Gasteiger partial charge in [0.2, 0.25) is 10.9 Å². The first-order valence-corrected chi connectivity index (χ1v) is 25.7. The van der Waals surface area contributed by atoms with Crippen LogP contribution in [0.5, 0.6) is 0 Å². The van der Waals surface area contributed by atoms with Gasteiger partial charge in [-0.1, -0.05) is 77.3 Å². The smallest absolute Gasteiger partial charge is 0.257 e. The van der Waals surface area contributed by atoms with Crippen molar-refractivity contribution in [2.75, 3.05) is 52.6 Å². The standard InChI is InChI=1S/C28H25Cl2N3O3.C28H25ClIN3O3/c29-21-4-1-19(2-5-21)16-31-28(35)25-18-33(23-8-6-22(30)7-9-23)26-10-3-20(15-24(26)27(25)34)17-32-11-13-36-14-12-32;29-21-7-4-19(5-8-21)16-31-28(35)25-18-33(23-3-1-2-22(30)15-23)26-9-6-20(14-24(26)27(25)34)17-32-10-12-36-13-11-32/h1-10,15,18H,11-14,16-17H2,(H,31,35);1-9,14-15,18H,10-13,16-17H2,(H,31,35). The summed E-state index contributed by atoms with van der Waals surface area (Å²) >= 11 is 20.3. The summed E-state index contributed by atoms with van der Waals surface area (Å²) in [5.74, 6) is -0.840. The second kappa shape index (κ2) is 23.8. The summed E-state index contributed by atoms with van der Waals surface area (Å²) in [5.41, 5.74) is 6.64. The summed E-state index contributed by atoms with van der Waals surface area (Å²) in [6.07, 6.45) is 3.25. The van der Waals surface area contributed by atoms with E-state index in [1.54, 1.807) is 48.8 Å². The number of aromatic nitrogens is 2. The molecule has 12 nitrogen and oxygen atoms in total. The van der Waals surface area contributed by atoms with Crippen molar-refractivity contribution in [3.63, 3.8) is 0 Å². The number of fused-ring (bicyclic) bond motifs is 2. The summed E-state index contributed by atoms with van der Waals surface area (Å²) in [4.78, 5) is 58.2. The first-order valence-electron chi connectivity index (χ1n) is 23.5. The number of pyridine rings is 2. The van der Waals surface area contributed by atoms with Crippen molar-refractivity contribution in [2.45, 2.75) is 26.2 Å². The largest absolute Gasteiger partial charge is 0.379 e. The van der Waals surface area contributed by atoms with Crippen LogP contribution in [0.15, 0.2) is 155 Å². The van der Waals surface area contributed by atoms with Gasteiger partial charge in [0.15, 0.2) is 0 Å². The number of ether oxygens (including phenoxy) is 2. The minimum atomic E-state index is -0.432. The molecule has 6 aromatic carbocycles. The molecule has 2 aromatic heterocycles. The number of carbonyl (C=O) groups is 2. The number of amides is 2. The van der Waals surface area contributed by atoms with Crippen molar-refractivity contribution in [3.05, 3.63) is 218 Å². The quantitative estimate of drug-likeness (QED) is 0.116. The number of hydrogen-bond donors (Lipinski definition) is 2. The summed E-state index contributed by atoms with van der Waals surface area (Å²) in [6.45, 7) is 8.27. The van der Waals surface area contributed by atoms with Crippen LogP contribution in [0, 0.1) is 3.57 Å². The Morgan fingerprint density at radius 2 is 0.903 bits per heavy atom. The topological polar surface area (TPSA) is 127 Å². The van der Waals surface area contributed by atoms with Crippen molar-refractivity contribution in [1.29, 1.82) is 0 Å². The van der Waals surface area contributed by atoms with Crippen LogP contribution in [-0.4, -0.2) is 83.4 Å². The molecule has 2 aliphatic rings. The number of benzene rings is 6. The van der Waals surface area contributed by atoms with Crippen molar-refractivity contribution in [3.8, 4) is 11.4 Å². The van der Waals surface area contributed by atoms with E-state index in [1.807, 2.05) is 100 Å². The number of nitrogens with one attached hydrogen (secondary N) is 2. The van der Waals surface area contributed by atoms with E-state index in [9.17, 15) is 19.2 Å². The molecule has 0 aliphatic carbocycles. The third-order valence-corrected chi connectivity index (χ3v) is 14.0. The Hall–Kier alpha value is -5.88. The van der Waals surface area contributed by atoms with E-state index in [2.05, 4.69) is 49.1 Å². The second-order valence-electron chi connectivity index (χ2n) is 17.5. The van der Waals surface area contributed by atoms with E-state index in [1.165, 1.54) is 0 Å². The number of halogens is 4. The highest BCUT2D eigenvalue weighted by Gasteiger charge is 2.20. The molecule has 2 amide bonds. The predicted octanol–water partition coefficient (Wildman–Crippen LogP) is 10.1. The fraction of sp³-hybridized carbons (Fsp3) is 0.214. The molecule has 72 heavy (non-hydrogen) atoms. The third kappa shape index (κ3) is 12.6. The number of hydrogen-bond acceptors (Lipinski definition) is 8. The second-order valence-corrected chi connectivity index (χ2v) is 20.1. The molecule has 16 heteroatoms. The zero-order valence-electron chi connectivity index (χ0n) is 39.1. The molecule has 2 aliphatic heterocycles. The fourth-order valence-electron chi connectivity index (χ4n) is 8.72. The van der Waals surface area contributed by atoms with E-state index in [0.717, 1.165) is 81.0 Å². The molecule has 8 aromatic rings. The molecule has 2 fully saturated rings. The molecule has 2 N–H and O–H groups in total. The molecule has 4 heterocycles. The fourth-order valence-corrected chi connectivity index (χ4v) is 9.63. The molecular formula is C56H50Cl3IN6O6. The van der Waals surface area contributed by atoms with Gasteiger partial charge in [-0.25, -0.2) is 0 Å². The van der Waals surface area contributed by atoms with E-state index < -0.39 is 11.8 Å². The van der Waals surface area contributed by atoms with Gasteiger partial charge in [0.1, 0.15) is 11.1 Å². The zero-order valence-corrected chi connectivity index (χ0v) is 43.5. The Morgan fingerprint density at radius 3 is 1.33 bits per heavy atom. The maximum atomic E-state index is 13.6. The van der Waals surface area contributed by atoms with Crippen LogP contribution < -0.4 is 21.5 Å². The van der Waals surface area contributed by atoms with Gasteiger partial charge in [-0.15, -0.1) is 0 Å². The molecule has 10 rings (SSSR count). The lowest BCUT2D eigenvalue weighted by atomic mass is 10.1. The summed E-state index contributed by atoms with van der Waals surface area (Å²) < 4.78 is 15.8. The highest BCUT2D eigenvalue weighted by molar-refractivity contribution is 14.1. The Balaban J connectivity index is 0.000000178. The number of rotatable bonds is 12. The zero-order chi connectivity index (χ0) is 50.1. The van der Waals surface area contributed by atoms with Crippen LogP contribution in [0.2, 0.25) is 15.1 Å². The highest BCUT2D eigenvalue weighted by atomic mass is 127. The molecular weight excluding hydrogens is 1090 g/mol. The normalized spacial score (nSPS) is 14.2. The minimum absolute atomic E-state index is 0.0786. The van der Waals surface area contributed by atoms with Gasteiger partial charge >= 0.3 is 0 Å². The van der Waals surface area contributed by atoms with Gasteiger partial charge in [0, 0.05) is 106 Å². The average Bonchev–Trinajstić information content (AvgIpc) is 3.40. The van der Waals surface area contributed by atoms with Crippen molar-refractivity contribution in [1.82, 2.24) is 29.6 Å². The lowest BCUT2D eigenvalue weighted by Gasteiger charge is -2.26. The van der Waals surface area contributed by atoms with Crippen LogP contribution in [0.3, 0.4) is 0 Å². The number of morpholine rings is 2. The van der Waals surface area contributed by atoms with Crippen LogP contribution >= 0.6 is 57.4 Å². The molecule has 0 unspecified atom stereocenters. The van der Waals surface area contributed by atoms with Gasteiger partial charge in [0.25, 0.3) is 11.8 Å². The van der Waals surface area contributed by atoms with Crippen LogP contribution in [0.4, 0.5) is 0 Å². The molecule has 2 saturated heterocycles. The molecule has 0 saturated carbocycles. The Labute approximate surface area is 445 Å². The van der Waals surface area contributed by atoms with Gasteiger partial charge in [-0.3, -0.25) is 29.0 Å². The number of carbonyl (C=O) groups excluding carboxylic acids is 2. The highest BCUT2D eigenvalue weighted by Crippen LogP contribution is 2.24. The molecule has 0 atom stereocenters. The Kier molecular flexibility index (Phi) is 16.9. The first-order chi connectivity index (χ1) is 34.9. The predicted molar refractivity (Wildman–Crippen MR) is 294 cm³/mol. The first kappa shape index (κ1) is 51.0. The van der Waals surface area contributed by atoms with Gasteiger partial charge < -0.3 is 29.2 Å². The van der Waals surface area contributed by atoms with Gasteiger partial charge in [0.05, 0.1) is 37.5 Å². The monoisotopic (exact) mass is 1130 g/mol. The maximum Gasteiger partial charge on any atom is 0.257 e. The van der Waals surface area contributed by atoms with Gasteiger partial charge in [-0.05, 0) is 136 Å². The summed E-state index contributed by atoms with van der Waals surface area (Å²) in [6, 6.07) is 41.6. The van der Waals surface area contributed by atoms with Crippen molar-refractivity contribution in [2.24, 2.45) is 0 Å². The molecule has 0 spiro atoms. The molecule has 0 bridgehead atoms. The van der Waals surface area contributed by atoms with E-state index in [0.29, 0.717) is 65.4 Å². The van der Waals surface area contributed by atoms with Crippen LogP contribution in [0.25, 0.3) is 33.2 Å². The van der Waals surface area contributed by atoms with Crippen LogP contribution in [-0.2, 0) is 35.7 Å². The maximum absolute atomic E-state index is 13.6. The van der Waals surface area contributed by atoms with E-state index in [4.69, 9.17) is 44.3 Å². The van der Waals surface area contributed by atoms with E-state index >= 15 is 0 Å². The van der Waals surface area contributed by atoms with Gasteiger partial charge in [-0.2, -0.15) is 0 Å². The molecule has 368 valence electrons. The number of nitrogens with zero attached hydrogens (tertiary/aromatic N) is 4. The minimum Gasteiger partial charge on any atom is -0.379 e. The lowest BCUT2D eigenvalue weighted by molar-refractivity contribution is 0.0341. The van der Waals surface area contributed by atoms with Crippen molar-refractivity contribution < 1.29 is 19.1 Å².